The van der Waals surface area contributed by atoms with Crippen LogP contribution in [0.25, 0.3) is 0 Å². The van der Waals surface area contributed by atoms with Gasteiger partial charge in [0.15, 0.2) is 0 Å². The molecule has 1 rings (SSSR count). The lowest BCUT2D eigenvalue weighted by Crippen LogP contribution is -2.41. The van der Waals surface area contributed by atoms with Crippen LogP contribution in [0.5, 0.6) is 0 Å². The van der Waals surface area contributed by atoms with Crippen molar-refractivity contribution < 1.29 is 18.1 Å². The third kappa shape index (κ3) is 3.92. The van der Waals surface area contributed by atoms with Crippen molar-refractivity contribution in [3.63, 3.8) is 0 Å². The Morgan fingerprint density at radius 1 is 1.41 bits per heavy atom. The Morgan fingerprint density at radius 3 is 2.55 bits per heavy atom. The second kappa shape index (κ2) is 7.18. The second-order valence-corrected chi connectivity index (χ2v) is 6.24. The molecule has 0 radical (unpaired) electrons. The molecular formula is C12H18N4O5S. The van der Waals surface area contributed by atoms with Crippen LogP contribution in [-0.2, 0) is 10.2 Å². The molecule has 122 valence electrons. The minimum atomic E-state index is -3.99. The molecule has 0 fully saturated rings. The van der Waals surface area contributed by atoms with E-state index in [1.165, 1.54) is 32.3 Å². The lowest BCUT2D eigenvalue weighted by molar-refractivity contribution is -0.384. The molecule has 22 heavy (non-hydrogen) atoms. The van der Waals surface area contributed by atoms with E-state index in [9.17, 15) is 23.3 Å². The Bertz CT molecular complexity index is 674. The highest BCUT2D eigenvalue weighted by atomic mass is 32.2. The quantitative estimate of drug-likeness (QED) is 0.567. The van der Waals surface area contributed by atoms with Gasteiger partial charge in [-0.15, -0.1) is 0 Å². The third-order valence-corrected chi connectivity index (χ3v) is 4.35. The summed E-state index contributed by atoms with van der Waals surface area (Å²) in [6.45, 7) is 2.05. The van der Waals surface area contributed by atoms with E-state index in [2.05, 4.69) is 5.32 Å². The summed E-state index contributed by atoms with van der Waals surface area (Å²) in [7, 11) is -1.24. The highest BCUT2D eigenvalue weighted by Crippen LogP contribution is 2.27. The maximum Gasteiger partial charge on any atom is 0.303 e. The first-order valence-electron chi connectivity index (χ1n) is 6.48. The molecule has 0 spiro atoms. The molecule has 0 aliphatic rings. The van der Waals surface area contributed by atoms with Gasteiger partial charge in [0.05, 0.1) is 10.5 Å². The smallest absolute Gasteiger partial charge is 0.303 e. The number of carbonyl (C=O) groups is 1. The average molecular weight is 330 g/mol. The lowest BCUT2D eigenvalue weighted by atomic mass is 10.1. The summed E-state index contributed by atoms with van der Waals surface area (Å²) < 4.78 is 26.8. The molecule has 0 aliphatic heterocycles. The third-order valence-electron chi connectivity index (χ3n) is 2.90. The first-order chi connectivity index (χ1) is 10.2. The van der Waals surface area contributed by atoms with Gasteiger partial charge in [-0.1, -0.05) is 13.0 Å². The molecule has 0 atom stereocenters. The van der Waals surface area contributed by atoms with Gasteiger partial charge in [-0.3, -0.25) is 14.9 Å². The molecule has 1 aromatic rings. The lowest BCUT2D eigenvalue weighted by Gasteiger charge is -2.17. The molecular weight excluding hydrogens is 312 g/mol. The van der Waals surface area contributed by atoms with E-state index in [0.29, 0.717) is 6.42 Å². The summed E-state index contributed by atoms with van der Waals surface area (Å²) in [6.07, 6.45) is 0.587. The predicted molar refractivity (Wildman–Crippen MR) is 82.0 cm³/mol. The molecule has 0 unspecified atom stereocenters. The van der Waals surface area contributed by atoms with E-state index >= 15 is 0 Å². The molecule has 1 aromatic carbocycles. The molecule has 0 saturated carbocycles. The normalized spacial score (nSPS) is 11.3. The van der Waals surface area contributed by atoms with Crippen molar-refractivity contribution in [1.82, 2.24) is 9.03 Å². The first kappa shape index (κ1) is 17.9. The van der Waals surface area contributed by atoms with Crippen LogP contribution < -0.4 is 10.0 Å². The van der Waals surface area contributed by atoms with Gasteiger partial charge in [0, 0.05) is 26.7 Å². The number of carbonyl (C=O) groups excluding carboxylic acids is 1. The van der Waals surface area contributed by atoms with Gasteiger partial charge >= 0.3 is 10.2 Å². The SMILES string of the molecule is CCCN(C)S(=O)(=O)NC(=O)c1cccc([N+](=O)[O-])c1NC. The number of nitro groups is 1. The minimum Gasteiger partial charge on any atom is -0.382 e. The van der Waals surface area contributed by atoms with Crippen LogP contribution in [0.3, 0.4) is 0 Å². The zero-order valence-corrected chi connectivity index (χ0v) is 13.3. The molecule has 1 amide bonds. The molecule has 10 heteroatoms. The summed E-state index contributed by atoms with van der Waals surface area (Å²) in [4.78, 5) is 22.4. The van der Waals surface area contributed by atoms with Crippen LogP contribution >= 0.6 is 0 Å². The first-order valence-corrected chi connectivity index (χ1v) is 7.92. The standard InChI is InChI=1S/C12H18N4O5S/c1-4-8-15(3)22(20,21)14-12(17)9-6-5-7-10(16(18)19)11(9)13-2/h5-7,13H,4,8H2,1-3H3,(H,14,17). The van der Waals surface area contributed by atoms with Crippen LogP contribution in [-0.4, -0.2) is 44.2 Å². The number of nitro benzene ring substituents is 1. The molecule has 2 N–H and O–H groups in total. The molecule has 0 bridgehead atoms. The van der Waals surface area contributed by atoms with Crippen molar-refractivity contribution in [2.75, 3.05) is 26.0 Å². The van der Waals surface area contributed by atoms with Crippen LogP contribution in [0, 0.1) is 10.1 Å². The van der Waals surface area contributed by atoms with Crippen molar-refractivity contribution in [2.24, 2.45) is 0 Å². The molecule has 0 aliphatic carbocycles. The van der Waals surface area contributed by atoms with Crippen LogP contribution in [0.2, 0.25) is 0 Å². The highest BCUT2D eigenvalue weighted by Gasteiger charge is 2.25. The average Bonchev–Trinajstić information content (AvgIpc) is 2.45. The van der Waals surface area contributed by atoms with Gasteiger partial charge in [0.1, 0.15) is 5.69 Å². The van der Waals surface area contributed by atoms with Gasteiger partial charge in [-0.2, -0.15) is 12.7 Å². The number of nitrogens with one attached hydrogen (secondary N) is 2. The fourth-order valence-corrected chi connectivity index (χ4v) is 2.75. The van der Waals surface area contributed by atoms with Crippen LogP contribution in [0.15, 0.2) is 18.2 Å². The summed E-state index contributed by atoms with van der Waals surface area (Å²) in [5, 5.41) is 13.5. The minimum absolute atomic E-state index is 0.0432. The number of amides is 1. The van der Waals surface area contributed by atoms with Crippen molar-refractivity contribution in [2.45, 2.75) is 13.3 Å². The largest absolute Gasteiger partial charge is 0.382 e. The topological polar surface area (TPSA) is 122 Å². The van der Waals surface area contributed by atoms with Crippen LogP contribution in [0.4, 0.5) is 11.4 Å². The Kier molecular flexibility index (Phi) is 5.83. The Balaban J connectivity index is 3.14. The number of benzene rings is 1. The van der Waals surface area contributed by atoms with Crippen LogP contribution in [0.1, 0.15) is 23.7 Å². The van der Waals surface area contributed by atoms with Gasteiger partial charge in [0.2, 0.25) is 0 Å². The fourth-order valence-electron chi connectivity index (χ4n) is 1.83. The van der Waals surface area contributed by atoms with Crippen molar-refractivity contribution in [1.29, 1.82) is 0 Å². The molecule has 0 saturated heterocycles. The number of para-hydroxylation sites is 1. The Labute approximate surface area is 128 Å². The van der Waals surface area contributed by atoms with Crippen molar-refractivity contribution in [3.8, 4) is 0 Å². The van der Waals surface area contributed by atoms with E-state index in [1.807, 2.05) is 4.72 Å². The van der Waals surface area contributed by atoms with Gasteiger partial charge in [-0.05, 0) is 12.5 Å². The van der Waals surface area contributed by atoms with Gasteiger partial charge in [0.25, 0.3) is 11.6 Å². The second-order valence-electron chi connectivity index (χ2n) is 4.46. The predicted octanol–water partition coefficient (Wildman–Crippen LogP) is 0.953. The Hall–Kier alpha value is -2.20. The van der Waals surface area contributed by atoms with Gasteiger partial charge in [-0.25, -0.2) is 4.72 Å². The highest BCUT2D eigenvalue weighted by molar-refractivity contribution is 7.87. The van der Waals surface area contributed by atoms with Gasteiger partial charge < -0.3 is 5.32 Å². The van der Waals surface area contributed by atoms with E-state index in [1.54, 1.807) is 6.92 Å². The molecule has 0 aromatic heterocycles. The number of hydrogen-bond acceptors (Lipinski definition) is 6. The zero-order chi connectivity index (χ0) is 16.9. The fraction of sp³-hybridized carbons (Fsp3) is 0.417. The number of hydrogen-bond donors (Lipinski definition) is 2. The maximum absolute atomic E-state index is 12.1. The van der Waals surface area contributed by atoms with E-state index in [4.69, 9.17) is 0 Å². The molecule has 9 nitrogen and oxygen atoms in total. The Morgan fingerprint density at radius 2 is 2.05 bits per heavy atom. The number of rotatable bonds is 7. The van der Waals surface area contributed by atoms with E-state index < -0.39 is 21.0 Å². The van der Waals surface area contributed by atoms with Crippen molar-refractivity contribution in [3.05, 3.63) is 33.9 Å². The number of nitrogens with zero attached hydrogens (tertiary/aromatic N) is 2. The summed E-state index contributed by atoms with van der Waals surface area (Å²) in [5.74, 6) is -0.934. The summed E-state index contributed by atoms with van der Waals surface area (Å²) in [5.41, 5.74) is -0.474. The van der Waals surface area contributed by atoms with Crippen molar-refractivity contribution >= 4 is 27.5 Å². The number of anilines is 1. The monoisotopic (exact) mass is 330 g/mol. The van der Waals surface area contributed by atoms with E-state index in [-0.39, 0.29) is 23.5 Å². The molecule has 0 heterocycles. The van der Waals surface area contributed by atoms with E-state index in [0.717, 1.165) is 4.31 Å². The zero-order valence-electron chi connectivity index (χ0n) is 12.5. The summed E-state index contributed by atoms with van der Waals surface area (Å²) >= 11 is 0. The summed E-state index contributed by atoms with van der Waals surface area (Å²) in [6, 6.07) is 3.85. The maximum atomic E-state index is 12.1.